The van der Waals surface area contributed by atoms with E-state index in [2.05, 4.69) is 46.0 Å². The number of carbonyl (C=O) groups excluding carboxylic acids is 1. The van der Waals surface area contributed by atoms with Crippen LogP contribution < -0.4 is 25.6 Å². The van der Waals surface area contributed by atoms with E-state index in [-0.39, 0.29) is 35.8 Å². The van der Waals surface area contributed by atoms with Crippen molar-refractivity contribution in [3.63, 3.8) is 0 Å². The lowest BCUT2D eigenvalue weighted by molar-refractivity contribution is -0.116. The van der Waals surface area contributed by atoms with Crippen molar-refractivity contribution in [1.82, 2.24) is 10.6 Å². The zero-order valence-electron chi connectivity index (χ0n) is 19.3. The molecule has 2 aromatic carbocycles. The van der Waals surface area contributed by atoms with E-state index in [1.54, 1.807) is 7.11 Å². The van der Waals surface area contributed by atoms with Gasteiger partial charge in [-0.3, -0.25) is 9.79 Å². The Morgan fingerprint density at radius 2 is 1.97 bits per heavy atom. The van der Waals surface area contributed by atoms with E-state index >= 15 is 0 Å². The Morgan fingerprint density at radius 1 is 1.18 bits per heavy atom. The number of benzene rings is 2. The summed E-state index contributed by atoms with van der Waals surface area (Å²) in [5, 5.41) is 9.77. The average molecular weight is 563 g/mol. The van der Waals surface area contributed by atoms with Crippen LogP contribution in [0.1, 0.15) is 31.2 Å². The number of fused-ring (bicyclic) bond motifs is 1. The first kappa shape index (κ1) is 25.1. The second kappa shape index (κ2) is 12.1. The Kier molecular flexibility index (Phi) is 9.22. The molecule has 178 valence electrons. The second-order valence-corrected chi connectivity index (χ2v) is 8.41. The molecular weight excluding hydrogens is 529 g/mol. The van der Waals surface area contributed by atoms with E-state index in [9.17, 15) is 4.79 Å². The number of para-hydroxylation sites is 3. The smallest absolute Gasteiger partial charge is 0.225 e. The summed E-state index contributed by atoms with van der Waals surface area (Å²) in [4.78, 5) is 19.3. The number of nitrogens with zero attached hydrogens (tertiary/aromatic N) is 2. The highest BCUT2D eigenvalue weighted by atomic mass is 127. The number of ether oxygens (including phenoxy) is 1. The van der Waals surface area contributed by atoms with Crippen LogP contribution >= 0.6 is 24.0 Å². The largest absolute Gasteiger partial charge is 0.495 e. The number of amides is 1. The van der Waals surface area contributed by atoms with E-state index in [0.29, 0.717) is 18.9 Å². The van der Waals surface area contributed by atoms with Crippen molar-refractivity contribution < 1.29 is 9.53 Å². The van der Waals surface area contributed by atoms with Gasteiger partial charge in [0.25, 0.3) is 0 Å². The summed E-state index contributed by atoms with van der Waals surface area (Å²) in [5.41, 5.74) is 3.25. The summed E-state index contributed by atoms with van der Waals surface area (Å²) in [5.74, 6) is 2.43. The lowest BCUT2D eigenvalue weighted by atomic mass is 9.90. The van der Waals surface area contributed by atoms with Gasteiger partial charge >= 0.3 is 0 Å². The first-order valence-electron chi connectivity index (χ1n) is 11.5. The molecular formula is C25H34IN5O2. The number of methoxy groups -OCH3 is 1. The zero-order valence-corrected chi connectivity index (χ0v) is 21.7. The predicted octanol–water partition coefficient (Wildman–Crippen LogP) is 3.82. The van der Waals surface area contributed by atoms with Crippen LogP contribution in [0.5, 0.6) is 5.75 Å². The van der Waals surface area contributed by atoms with Gasteiger partial charge in [0.05, 0.1) is 12.8 Å². The molecule has 0 bridgehead atoms. The van der Waals surface area contributed by atoms with Crippen LogP contribution in [0.2, 0.25) is 0 Å². The van der Waals surface area contributed by atoms with Crippen molar-refractivity contribution in [3.05, 3.63) is 54.1 Å². The van der Waals surface area contributed by atoms with Gasteiger partial charge in [-0.05, 0) is 43.0 Å². The van der Waals surface area contributed by atoms with E-state index in [1.165, 1.54) is 5.56 Å². The number of halogens is 1. The maximum absolute atomic E-state index is 12.1. The highest BCUT2D eigenvalue weighted by Crippen LogP contribution is 2.32. The monoisotopic (exact) mass is 563 g/mol. The molecule has 0 saturated carbocycles. The summed E-state index contributed by atoms with van der Waals surface area (Å²) in [6.45, 7) is 6.29. The van der Waals surface area contributed by atoms with Gasteiger partial charge in [-0.2, -0.15) is 0 Å². The van der Waals surface area contributed by atoms with Crippen molar-refractivity contribution >= 4 is 47.2 Å². The van der Waals surface area contributed by atoms with Crippen LogP contribution in [0.4, 0.5) is 11.4 Å². The summed E-state index contributed by atoms with van der Waals surface area (Å²) in [7, 11) is 1.72. The molecule has 1 fully saturated rings. The molecule has 2 heterocycles. The summed E-state index contributed by atoms with van der Waals surface area (Å²) >= 11 is 0. The summed E-state index contributed by atoms with van der Waals surface area (Å²) in [6, 6.07) is 16.2. The Bertz CT molecular complexity index is 967. The van der Waals surface area contributed by atoms with E-state index in [4.69, 9.17) is 9.73 Å². The minimum absolute atomic E-state index is 0. The third-order valence-corrected chi connectivity index (χ3v) is 6.19. The quantitative estimate of drug-likeness (QED) is 0.271. The van der Waals surface area contributed by atoms with Crippen LogP contribution in [-0.2, 0) is 4.79 Å². The number of aliphatic imine (C=N–C) groups is 1. The fourth-order valence-corrected chi connectivity index (χ4v) is 4.56. The molecule has 2 aromatic rings. The van der Waals surface area contributed by atoms with Crippen LogP contribution in [0.15, 0.2) is 53.5 Å². The van der Waals surface area contributed by atoms with Gasteiger partial charge in [-0.1, -0.05) is 30.3 Å². The molecule has 3 N–H and O–H groups in total. The fourth-order valence-electron chi connectivity index (χ4n) is 4.56. The number of nitrogens with one attached hydrogen (secondary N) is 3. The Hall–Kier alpha value is -2.49. The molecule has 33 heavy (non-hydrogen) atoms. The SMILES string of the molecule is CCNC(=NCC1CCN(c2ccccc2OC)C1)NCC1CC(=O)Nc2ccccc21.I. The van der Waals surface area contributed by atoms with E-state index in [1.807, 2.05) is 30.3 Å². The van der Waals surface area contributed by atoms with Crippen LogP contribution in [0.25, 0.3) is 0 Å². The fraction of sp³-hybridized carbons (Fsp3) is 0.440. The molecule has 2 unspecified atom stereocenters. The molecule has 0 spiro atoms. The third kappa shape index (κ3) is 6.31. The molecule has 4 rings (SSSR count). The molecule has 0 aromatic heterocycles. The number of hydrogen-bond donors (Lipinski definition) is 3. The molecule has 2 atom stereocenters. The normalized spacial score (nSPS) is 19.9. The lowest BCUT2D eigenvalue weighted by Gasteiger charge is -2.26. The van der Waals surface area contributed by atoms with Crippen molar-refractivity contribution in [3.8, 4) is 5.75 Å². The second-order valence-electron chi connectivity index (χ2n) is 8.41. The molecule has 0 aliphatic carbocycles. The Morgan fingerprint density at radius 3 is 2.79 bits per heavy atom. The number of carbonyl (C=O) groups is 1. The van der Waals surface area contributed by atoms with Crippen LogP contribution in [0.3, 0.4) is 0 Å². The molecule has 7 nitrogen and oxygen atoms in total. The summed E-state index contributed by atoms with van der Waals surface area (Å²) < 4.78 is 5.53. The maximum Gasteiger partial charge on any atom is 0.225 e. The third-order valence-electron chi connectivity index (χ3n) is 6.19. The number of hydrogen-bond acceptors (Lipinski definition) is 4. The van der Waals surface area contributed by atoms with Gasteiger partial charge in [0, 0.05) is 50.7 Å². The average Bonchev–Trinajstić information content (AvgIpc) is 3.29. The molecule has 0 radical (unpaired) electrons. The first-order chi connectivity index (χ1) is 15.7. The number of rotatable bonds is 7. The van der Waals surface area contributed by atoms with Gasteiger partial charge in [-0.25, -0.2) is 0 Å². The zero-order chi connectivity index (χ0) is 22.3. The van der Waals surface area contributed by atoms with Gasteiger partial charge in [0.15, 0.2) is 5.96 Å². The standard InChI is InChI=1S/C25H33N5O2.HI/c1-3-26-25(28-16-19-14-24(31)29-21-9-5-4-8-20(19)21)27-15-18-12-13-30(17-18)22-10-6-7-11-23(22)32-2;/h4-11,18-19H,3,12-17H2,1-2H3,(H,29,31)(H2,26,27,28);1H. The highest BCUT2D eigenvalue weighted by Gasteiger charge is 2.26. The van der Waals surface area contributed by atoms with Gasteiger partial charge in [-0.15, -0.1) is 24.0 Å². The topological polar surface area (TPSA) is 78.0 Å². The Labute approximate surface area is 213 Å². The Balaban J connectivity index is 0.00000306. The van der Waals surface area contributed by atoms with E-state index in [0.717, 1.165) is 55.7 Å². The van der Waals surface area contributed by atoms with Gasteiger partial charge < -0.3 is 25.6 Å². The van der Waals surface area contributed by atoms with Crippen molar-refractivity contribution in [1.29, 1.82) is 0 Å². The van der Waals surface area contributed by atoms with Crippen LogP contribution in [-0.4, -0.2) is 51.7 Å². The lowest BCUT2D eigenvalue weighted by Crippen LogP contribution is -2.41. The highest BCUT2D eigenvalue weighted by molar-refractivity contribution is 14.0. The predicted molar refractivity (Wildman–Crippen MR) is 145 cm³/mol. The van der Waals surface area contributed by atoms with Crippen molar-refractivity contribution in [2.45, 2.75) is 25.7 Å². The number of anilines is 2. The first-order valence-corrected chi connectivity index (χ1v) is 11.5. The van der Waals surface area contributed by atoms with Crippen LogP contribution in [0, 0.1) is 5.92 Å². The minimum Gasteiger partial charge on any atom is -0.495 e. The summed E-state index contributed by atoms with van der Waals surface area (Å²) in [6.07, 6.45) is 1.59. The molecule has 2 aliphatic rings. The van der Waals surface area contributed by atoms with Gasteiger partial charge in [0.1, 0.15) is 5.75 Å². The van der Waals surface area contributed by atoms with E-state index < -0.39 is 0 Å². The molecule has 2 aliphatic heterocycles. The van der Waals surface area contributed by atoms with Gasteiger partial charge in [0.2, 0.25) is 5.91 Å². The molecule has 8 heteroatoms. The van der Waals surface area contributed by atoms with Crippen molar-refractivity contribution in [2.75, 3.05) is 50.1 Å². The maximum atomic E-state index is 12.1. The minimum atomic E-state index is 0. The molecule has 1 saturated heterocycles. The van der Waals surface area contributed by atoms with Crippen molar-refractivity contribution in [2.24, 2.45) is 10.9 Å². The number of guanidine groups is 1. The molecule has 1 amide bonds.